The lowest BCUT2D eigenvalue weighted by Gasteiger charge is -2.19. The predicted molar refractivity (Wildman–Crippen MR) is 110 cm³/mol. The van der Waals surface area contributed by atoms with Gasteiger partial charge in [-0.05, 0) is 35.1 Å². The van der Waals surface area contributed by atoms with Crippen molar-refractivity contribution >= 4 is 5.91 Å². The average molecular weight is 387 g/mol. The van der Waals surface area contributed by atoms with E-state index in [1.165, 1.54) is 5.56 Å². The van der Waals surface area contributed by atoms with Crippen LogP contribution in [0.25, 0.3) is 0 Å². The van der Waals surface area contributed by atoms with Crippen molar-refractivity contribution in [3.05, 3.63) is 59.4 Å². The van der Waals surface area contributed by atoms with Crippen molar-refractivity contribution in [1.29, 1.82) is 0 Å². The SMILES string of the molecule is CCC(CF)Oc1ccc(CCNC(=O)Cc2ccc(C(C)(C)C)cc2)nc1. The van der Waals surface area contributed by atoms with Crippen LogP contribution in [0.5, 0.6) is 5.75 Å². The van der Waals surface area contributed by atoms with Gasteiger partial charge in [-0.15, -0.1) is 0 Å². The van der Waals surface area contributed by atoms with E-state index in [9.17, 15) is 9.18 Å². The van der Waals surface area contributed by atoms with Crippen molar-refractivity contribution < 1.29 is 13.9 Å². The summed E-state index contributed by atoms with van der Waals surface area (Å²) in [7, 11) is 0. The highest BCUT2D eigenvalue weighted by Gasteiger charge is 2.13. The number of amides is 1. The van der Waals surface area contributed by atoms with Crippen LogP contribution in [-0.4, -0.2) is 30.2 Å². The summed E-state index contributed by atoms with van der Waals surface area (Å²) >= 11 is 0. The maximum atomic E-state index is 12.7. The minimum absolute atomic E-state index is 0.00260. The van der Waals surface area contributed by atoms with Crippen molar-refractivity contribution in [1.82, 2.24) is 10.3 Å². The quantitative estimate of drug-likeness (QED) is 0.695. The van der Waals surface area contributed by atoms with Gasteiger partial charge in [0.15, 0.2) is 0 Å². The van der Waals surface area contributed by atoms with Gasteiger partial charge in [-0.1, -0.05) is 52.0 Å². The van der Waals surface area contributed by atoms with Crippen molar-refractivity contribution in [3.63, 3.8) is 0 Å². The molecule has 0 bridgehead atoms. The Morgan fingerprint density at radius 1 is 1.18 bits per heavy atom. The van der Waals surface area contributed by atoms with E-state index in [0.717, 1.165) is 11.3 Å². The topological polar surface area (TPSA) is 51.2 Å². The second-order valence-corrected chi connectivity index (χ2v) is 8.01. The van der Waals surface area contributed by atoms with Gasteiger partial charge in [0, 0.05) is 18.7 Å². The summed E-state index contributed by atoms with van der Waals surface area (Å²) in [6.07, 6.45) is 2.79. The fourth-order valence-electron chi connectivity index (χ4n) is 2.75. The zero-order valence-electron chi connectivity index (χ0n) is 17.3. The Labute approximate surface area is 167 Å². The fourth-order valence-corrected chi connectivity index (χ4v) is 2.75. The molecule has 0 fully saturated rings. The van der Waals surface area contributed by atoms with E-state index >= 15 is 0 Å². The fraction of sp³-hybridized carbons (Fsp3) is 0.478. The molecule has 2 aromatic rings. The Hall–Kier alpha value is -2.43. The summed E-state index contributed by atoms with van der Waals surface area (Å²) in [5.41, 5.74) is 3.23. The molecule has 1 unspecified atom stereocenters. The summed E-state index contributed by atoms with van der Waals surface area (Å²) in [5.74, 6) is 0.563. The molecule has 4 nitrogen and oxygen atoms in total. The van der Waals surface area contributed by atoms with E-state index in [-0.39, 0.29) is 11.3 Å². The van der Waals surface area contributed by atoms with E-state index in [2.05, 4.69) is 43.2 Å². The lowest BCUT2D eigenvalue weighted by atomic mass is 9.86. The minimum atomic E-state index is -0.511. The van der Waals surface area contributed by atoms with Crippen LogP contribution in [-0.2, 0) is 23.1 Å². The number of pyridine rings is 1. The van der Waals surface area contributed by atoms with Crippen LogP contribution in [0.4, 0.5) is 4.39 Å². The molecule has 1 aromatic carbocycles. The molecular weight excluding hydrogens is 355 g/mol. The first-order valence-electron chi connectivity index (χ1n) is 9.85. The monoisotopic (exact) mass is 386 g/mol. The molecule has 152 valence electrons. The second-order valence-electron chi connectivity index (χ2n) is 8.01. The molecule has 0 aliphatic heterocycles. The van der Waals surface area contributed by atoms with Crippen molar-refractivity contribution in [2.24, 2.45) is 0 Å². The van der Waals surface area contributed by atoms with Crippen LogP contribution in [0, 0.1) is 0 Å². The Balaban J connectivity index is 1.76. The second kappa shape index (κ2) is 10.2. The number of alkyl halides is 1. The zero-order valence-corrected chi connectivity index (χ0v) is 17.3. The van der Waals surface area contributed by atoms with E-state index in [0.29, 0.717) is 31.6 Å². The Morgan fingerprint density at radius 2 is 1.89 bits per heavy atom. The van der Waals surface area contributed by atoms with Crippen LogP contribution >= 0.6 is 0 Å². The molecule has 0 aliphatic rings. The van der Waals surface area contributed by atoms with Crippen molar-refractivity contribution in [2.45, 2.75) is 58.5 Å². The highest BCUT2D eigenvalue weighted by Crippen LogP contribution is 2.22. The minimum Gasteiger partial charge on any atom is -0.486 e. The first-order chi connectivity index (χ1) is 13.3. The maximum absolute atomic E-state index is 12.7. The number of hydrogen-bond acceptors (Lipinski definition) is 3. The molecule has 0 saturated heterocycles. The van der Waals surface area contributed by atoms with Gasteiger partial charge in [-0.2, -0.15) is 0 Å². The summed E-state index contributed by atoms with van der Waals surface area (Å²) in [5, 5.41) is 2.93. The Kier molecular flexibility index (Phi) is 7.97. The van der Waals surface area contributed by atoms with Gasteiger partial charge >= 0.3 is 0 Å². The highest BCUT2D eigenvalue weighted by atomic mass is 19.1. The third kappa shape index (κ3) is 6.95. The largest absolute Gasteiger partial charge is 0.486 e. The number of aromatic nitrogens is 1. The number of carbonyl (C=O) groups is 1. The van der Waals surface area contributed by atoms with Crippen molar-refractivity contribution in [2.75, 3.05) is 13.2 Å². The van der Waals surface area contributed by atoms with Gasteiger partial charge < -0.3 is 10.1 Å². The average Bonchev–Trinajstić information content (AvgIpc) is 2.67. The van der Waals surface area contributed by atoms with Gasteiger partial charge in [-0.3, -0.25) is 9.78 Å². The predicted octanol–water partition coefficient (Wildman–Crippen LogP) is 4.41. The molecule has 0 aliphatic carbocycles. The van der Waals surface area contributed by atoms with Crippen LogP contribution in [0.15, 0.2) is 42.6 Å². The molecule has 0 spiro atoms. The first kappa shape index (κ1) is 21.9. The van der Waals surface area contributed by atoms with E-state index in [1.54, 1.807) is 12.3 Å². The smallest absolute Gasteiger partial charge is 0.224 e. The summed E-state index contributed by atoms with van der Waals surface area (Å²) in [4.78, 5) is 16.5. The zero-order chi connectivity index (χ0) is 20.6. The van der Waals surface area contributed by atoms with Gasteiger partial charge in [0.05, 0.1) is 12.6 Å². The molecule has 1 aromatic heterocycles. The van der Waals surface area contributed by atoms with Crippen LogP contribution < -0.4 is 10.1 Å². The van der Waals surface area contributed by atoms with Crippen LogP contribution in [0.1, 0.15) is 50.9 Å². The molecule has 1 heterocycles. The molecule has 0 radical (unpaired) electrons. The summed E-state index contributed by atoms with van der Waals surface area (Å²) in [6, 6.07) is 11.8. The third-order valence-electron chi connectivity index (χ3n) is 4.62. The first-order valence-corrected chi connectivity index (χ1v) is 9.85. The number of nitrogens with zero attached hydrogens (tertiary/aromatic N) is 1. The van der Waals surface area contributed by atoms with Gasteiger partial charge in [0.2, 0.25) is 5.91 Å². The van der Waals surface area contributed by atoms with E-state index in [1.807, 2.05) is 25.1 Å². The molecule has 1 amide bonds. The van der Waals surface area contributed by atoms with Crippen molar-refractivity contribution in [3.8, 4) is 5.75 Å². The summed E-state index contributed by atoms with van der Waals surface area (Å²) in [6.45, 7) is 8.41. The van der Waals surface area contributed by atoms with Gasteiger partial charge in [0.25, 0.3) is 0 Å². The lowest BCUT2D eigenvalue weighted by molar-refractivity contribution is -0.120. The number of carbonyl (C=O) groups excluding carboxylic acids is 1. The molecule has 1 atom stereocenters. The molecule has 5 heteroatoms. The van der Waals surface area contributed by atoms with Gasteiger partial charge in [0.1, 0.15) is 18.5 Å². The molecule has 0 saturated carbocycles. The van der Waals surface area contributed by atoms with Crippen LogP contribution in [0.3, 0.4) is 0 Å². The Morgan fingerprint density at radius 3 is 2.43 bits per heavy atom. The maximum Gasteiger partial charge on any atom is 0.224 e. The number of rotatable bonds is 9. The number of nitrogens with one attached hydrogen (secondary N) is 1. The Bertz CT molecular complexity index is 733. The normalized spacial score (nSPS) is 12.5. The number of hydrogen-bond donors (Lipinski definition) is 1. The highest BCUT2D eigenvalue weighted by molar-refractivity contribution is 5.78. The van der Waals surface area contributed by atoms with E-state index < -0.39 is 12.8 Å². The molecule has 28 heavy (non-hydrogen) atoms. The number of benzene rings is 1. The number of halogens is 1. The number of ether oxygens (including phenoxy) is 1. The third-order valence-corrected chi connectivity index (χ3v) is 4.62. The molecular formula is C23H31FN2O2. The van der Waals surface area contributed by atoms with Crippen LogP contribution in [0.2, 0.25) is 0 Å². The molecule has 1 N–H and O–H groups in total. The van der Waals surface area contributed by atoms with E-state index in [4.69, 9.17) is 4.74 Å². The van der Waals surface area contributed by atoms with Gasteiger partial charge in [-0.25, -0.2) is 4.39 Å². The lowest BCUT2D eigenvalue weighted by Crippen LogP contribution is -2.27. The standard InChI is InChI=1S/C23H31FN2O2/c1-5-20(15-24)28-21-11-10-19(26-16-21)12-13-25-22(27)14-17-6-8-18(9-7-17)23(2,3)4/h6-11,16,20H,5,12-15H2,1-4H3,(H,25,27). The molecule has 2 rings (SSSR count). The summed E-state index contributed by atoms with van der Waals surface area (Å²) < 4.78 is 18.2.